The molecular weight excluding hydrogens is 272 g/mol. The SMILES string of the molecule is CCNCC1COCCN1c1ncnc2c(C)csc12. The first-order valence-corrected chi connectivity index (χ1v) is 7.93. The molecule has 1 unspecified atom stereocenters. The van der Waals surface area contributed by atoms with Crippen molar-refractivity contribution in [3.63, 3.8) is 0 Å². The molecule has 108 valence electrons. The molecule has 2 aromatic heterocycles. The van der Waals surface area contributed by atoms with Gasteiger partial charge in [0.1, 0.15) is 12.1 Å². The quantitative estimate of drug-likeness (QED) is 0.931. The average Bonchev–Trinajstić information content (AvgIpc) is 2.87. The van der Waals surface area contributed by atoms with Gasteiger partial charge < -0.3 is 15.0 Å². The summed E-state index contributed by atoms with van der Waals surface area (Å²) in [5, 5.41) is 5.56. The molecule has 20 heavy (non-hydrogen) atoms. The Labute approximate surface area is 123 Å². The lowest BCUT2D eigenvalue weighted by Gasteiger charge is -2.36. The standard InChI is InChI=1S/C14H20N4OS/c1-3-15-6-11-7-19-5-4-18(11)14-13-12(16-9-17-14)10(2)8-20-13/h8-9,11,15H,3-7H2,1-2H3. The van der Waals surface area contributed by atoms with E-state index in [0.29, 0.717) is 6.04 Å². The minimum Gasteiger partial charge on any atom is -0.377 e. The van der Waals surface area contributed by atoms with Gasteiger partial charge >= 0.3 is 0 Å². The maximum absolute atomic E-state index is 5.63. The van der Waals surface area contributed by atoms with Crippen molar-refractivity contribution in [2.45, 2.75) is 19.9 Å². The van der Waals surface area contributed by atoms with Gasteiger partial charge in [0.2, 0.25) is 0 Å². The number of morpholine rings is 1. The number of hydrogen-bond donors (Lipinski definition) is 1. The summed E-state index contributed by atoms with van der Waals surface area (Å²) in [7, 11) is 0. The first kappa shape index (κ1) is 13.7. The molecule has 1 saturated heterocycles. The van der Waals surface area contributed by atoms with Crippen LogP contribution in [0, 0.1) is 6.92 Å². The summed E-state index contributed by atoms with van der Waals surface area (Å²) in [6, 6.07) is 0.337. The largest absolute Gasteiger partial charge is 0.377 e. The van der Waals surface area contributed by atoms with Crippen LogP contribution >= 0.6 is 11.3 Å². The maximum Gasteiger partial charge on any atom is 0.150 e. The lowest BCUT2D eigenvalue weighted by molar-refractivity contribution is 0.0937. The molecule has 0 saturated carbocycles. The molecule has 0 radical (unpaired) electrons. The topological polar surface area (TPSA) is 50.3 Å². The Kier molecular flexibility index (Phi) is 4.14. The lowest BCUT2D eigenvalue weighted by atomic mass is 10.2. The van der Waals surface area contributed by atoms with E-state index in [-0.39, 0.29) is 0 Å². The van der Waals surface area contributed by atoms with Crippen LogP contribution < -0.4 is 10.2 Å². The number of likely N-dealkylation sites (N-methyl/N-ethyl adjacent to an activating group) is 1. The van der Waals surface area contributed by atoms with E-state index >= 15 is 0 Å². The lowest BCUT2D eigenvalue weighted by Crippen LogP contribution is -2.51. The second-order valence-corrected chi connectivity index (χ2v) is 5.90. The van der Waals surface area contributed by atoms with Crippen molar-refractivity contribution >= 4 is 27.4 Å². The summed E-state index contributed by atoms with van der Waals surface area (Å²) >= 11 is 1.73. The summed E-state index contributed by atoms with van der Waals surface area (Å²) < 4.78 is 6.81. The minimum absolute atomic E-state index is 0.337. The van der Waals surface area contributed by atoms with Gasteiger partial charge in [0.25, 0.3) is 0 Å². The summed E-state index contributed by atoms with van der Waals surface area (Å²) in [5.74, 6) is 1.05. The van der Waals surface area contributed by atoms with Crippen molar-refractivity contribution in [3.05, 3.63) is 17.3 Å². The third-order valence-electron chi connectivity index (χ3n) is 3.64. The zero-order valence-corrected chi connectivity index (χ0v) is 12.7. The van der Waals surface area contributed by atoms with Crippen LogP contribution in [0.5, 0.6) is 0 Å². The fourth-order valence-corrected chi connectivity index (χ4v) is 3.58. The normalized spacial score (nSPS) is 19.7. The van der Waals surface area contributed by atoms with Crippen molar-refractivity contribution in [2.75, 3.05) is 37.7 Å². The predicted molar refractivity (Wildman–Crippen MR) is 82.6 cm³/mol. The van der Waals surface area contributed by atoms with E-state index in [1.165, 1.54) is 10.3 Å². The fourth-order valence-electron chi connectivity index (χ4n) is 2.58. The molecule has 2 aromatic rings. The van der Waals surface area contributed by atoms with Crippen molar-refractivity contribution < 1.29 is 4.74 Å². The third-order valence-corrected chi connectivity index (χ3v) is 4.72. The maximum atomic E-state index is 5.63. The molecular formula is C14H20N4OS. The van der Waals surface area contributed by atoms with Gasteiger partial charge in [-0.15, -0.1) is 11.3 Å². The third kappa shape index (κ3) is 2.51. The van der Waals surface area contributed by atoms with E-state index in [0.717, 1.165) is 44.2 Å². The summed E-state index contributed by atoms with van der Waals surface area (Å²) in [6.07, 6.45) is 1.68. The van der Waals surface area contributed by atoms with Crippen LogP contribution in [-0.4, -0.2) is 48.9 Å². The molecule has 6 heteroatoms. The fraction of sp³-hybridized carbons (Fsp3) is 0.571. The molecule has 1 fully saturated rings. The molecule has 1 aliphatic heterocycles. The predicted octanol–water partition coefficient (Wildman–Crippen LogP) is 1.81. The second-order valence-electron chi connectivity index (χ2n) is 5.02. The first-order valence-electron chi connectivity index (χ1n) is 7.05. The Morgan fingerprint density at radius 3 is 3.25 bits per heavy atom. The Bertz CT molecular complexity index is 586. The number of ether oxygens (including phenoxy) is 1. The van der Waals surface area contributed by atoms with E-state index in [9.17, 15) is 0 Å². The van der Waals surface area contributed by atoms with Gasteiger partial charge in [-0.05, 0) is 24.4 Å². The van der Waals surface area contributed by atoms with Gasteiger partial charge in [-0.25, -0.2) is 9.97 Å². The van der Waals surface area contributed by atoms with Gasteiger partial charge in [-0.1, -0.05) is 6.92 Å². The van der Waals surface area contributed by atoms with E-state index in [4.69, 9.17) is 4.74 Å². The average molecular weight is 292 g/mol. The number of aromatic nitrogens is 2. The molecule has 0 amide bonds. The Morgan fingerprint density at radius 1 is 1.50 bits per heavy atom. The molecule has 0 bridgehead atoms. The van der Waals surface area contributed by atoms with Crippen molar-refractivity contribution in [2.24, 2.45) is 0 Å². The summed E-state index contributed by atoms with van der Waals surface area (Å²) in [5.41, 5.74) is 2.30. The zero-order valence-electron chi connectivity index (χ0n) is 11.9. The van der Waals surface area contributed by atoms with Gasteiger partial charge in [-0.3, -0.25) is 0 Å². The van der Waals surface area contributed by atoms with E-state index < -0.39 is 0 Å². The number of nitrogens with zero attached hydrogens (tertiary/aromatic N) is 3. The summed E-state index contributed by atoms with van der Waals surface area (Å²) in [4.78, 5) is 11.3. The van der Waals surface area contributed by atoms with Crippen molar-refractivity contribution in [1.82, 2.24) is 15.3 Å². The van der Waals surface area contributed by atoms with Crippen LogP contribution in [0.15, 0.2) is 11.7 Å². The number of hydrogen-bond acceptors (Lipinski definition) is 6. The van der Waals surface area contributed by atoms with Crippen LogP contribution in [0.2, 0.25) is 0 Å². The molecule has 3 heterocycles. The van der Waals surface area contributed by atoms with Crippen LogP contribution in [0.4, 0.5) is 5.82 Å². The number of fused-ring (bicyclic) bond motifs is 1. The molecule has 0 aromatic carbocycles. The van der Waals surface area contributed by atoms with Gasteiger partial charge in [-0.2, -0.15) is 0 Å². The highest BCUT2D eigenvalue weighted by Gasteiger charge is 2.26. The Balaban J connectivity index is 1.95. The molecule has 0 aliphatic carbocycles. The van der Waals surface area contributed by atoms with Gasteiger partial charge in [0.05, 0.1) is 29.5 Å². The van der Waals surface area contributed by atoms with Crippen LogP contribution in [0.25, 0.3) is 10.2 Å². The van der Waals surface area contributed by atoms with E-state index in [1.54, 1.807) is 17.7 Å². The number of aryl methyl sites for hydroxylation is 1. The molecule has 1 N–H and O–H groups in total. The van der Waals surface area contributed by atoms with E-state index in [2.05, 4.69) is 39.4 Å². The van der Waals surface area contributed by atoms with Gasteiger partial charge in [0, 0.05) is 13.1 Å². The highest BCUT2D eigenvalue weighted by molar-refractivity contribution is 7.18. The second kappa shape index (κ2) is 6.03. The zero-order chi connectivity index (χ0) is 13.9. The summed E-state index contributed by atoms with van der Waals surface area (Å²) in [6.45, 7) is 8.53. The van der Waals surface area contributed by atoms with Crippen molar-refractivity contribution in [1.29, 1.82) is 0 Å². The molecule has 1 atom stereocenters. The van der Waals surface area contributed by atoms with Gasteiger partial charge in [0.15, 0.2) is 0 Å². The van der Waals surface area contributed by atoms with Crippen LogP contribution in [-0.2, 0) is 4.74 Å². The van der Waals surface area contributed by atoms with E-state index in [1.807, 2.05) is 0 Å². The smallest absolute Gasteiger partial charge is 0.150 e. The Morgan fingerprint density at radius 2 is 2.40 bits per heavy atom. The molecule has 0 spiro atoms. The van der Waals surface area contributed by atoms with Crippen LogP contribution in [0.3, 0.4) is 0 Å². The monoisotopic (exact) mass is 292 g/mol. The van der Waals surface area contributed by atoms with Crippen molar-refractivity contribution in [3.8, 4) is 0 Å². The first-order chi connectivity index (χ1) is 9.81. The minimum atomic E-state index is 0.337. The van der Waals surface area contributed by atoms with Crippen LogP contribution in [0.1, 0.15) is 12.5 Å². The molecule has 1 aliphatic rings. The number of nitrogens with one attached hydrogen (secondary N) is 1. The molecule has 5 nitrogen and oxygen atoms in total. The number of thiophene rings is 1. The highest BCUT2D eigenvalue weighted by Crippen LogP contribution is 2.32. The number of anilines is 1. The molecule has 3 rings (SSSR count). The number of rotatable bonds is 4. The Hall–Kier alpha value is -1.24. The highest BCUT2D eigenvalue weighted by atomic mass is 32.1.